The zero-order chi connectivity index (χ0) is 22.1. The minimum atomic E-state index is -0.437. The fourth-order valence-corrected chi connectivity index (χ4v) is 4.68. The largest absolute Gasteiger partial charge is 0.462 e. The molecule has 0 aliphatic heterocycles. The van der Waals surface area contributed by atoms with Crippen molar-refractivity contribution in [2.45, 2.75) is 71.6 Å². The van der Waals surface area contributed by atoms with Crippen LogP contribution in [0.4, 0.5) is 0 Å². The molecule has 0 bridgehead atoms. The Balaban J connectivity index is 1.58. The third-order valence-electron chi connectivity index (χ3n) is 5.41. The highest BCUT2D eigenvalue weighted by atomic mass is 32.1. The Kier molecular flexibility index (Phi) is 8.83. The molecule has 0 saturated heterocycles. The normalized spacial score (nSPS) is 11.2. The SMILES string of the molecule is CCCCCCCCCOC(=O)c1sc2nc(CCc3ccccc3)oc(=O)c2c1C. The van der Waals surface area contributed by atoms with Crippen LogP contribution >= 0.6 is 11.3 Å². The topological polar surface area (TPSA) is 69.4 Å². The lowest BCUT2D eigenvalue weighted by molar-refractivity contribution is 0.0503. The van der Waals surface area contributed by atoms with E-state index in [-0.39, 0.29) is 5.97 Å². The van der Waals surface area contributed by atoms with E-state index in [0.29, 0.717) is 39.6 Å². The maximum Gasteiger partial charge on any atom is 0.348 e. The van der Waals surface area contributed by atoms with Crippen molar-refractivity contribution < 1.29 is 13.9 Å². The third kappa shape index (κ3) is 6.50. The molecule has 0 fully saturated rings. The number of thiophene rings is 1. The van der Waals surface area contributed by atoms with Crippen LogP contribution in [0.3, 0.4) is 0 Å². The van der Waals surface area contributed by atoms with Crippen LogP contribution in [0.15, 0.2) is 39.5 Å². The quantitative estimate of drug-likeness (QED) is 0.245. The molecular formula is C25H31NO4S. The molecular weight excluding hydrogens is 410 g/mol. The Bertz CT molecular complexity index is 1040. The van der Waals surface area contributed by atoms with Crippen LogP contribution in [0.1, 0.15) is 78.6 Å². The molecule has 0 amide bonds. The van der Waals surface area contributed by atoms with Crippen molar-refractivity contribution >= 4 is 27.5 Å². The van der Waals surface area contributed by atoms with Crippen molar-refractivity contribution in [2.75, 3.05) is 6.61 Å². The van der Waals surface area contributed by atoms with Gasteiger partial charge < -0.3 is 9.15 Å². The first kappa shape index (κ1) is 23.2. The molecule has 0 spiro atoms. The third-order valence-corrected chi connectivity index (χ3v) is 6.57. The van der Waals surface area contributed by atoms with Crippen molar-refractivity contribution in [3.8, 4) is 0 Å². The van der Waals surface area contributed by atoms with E-state index in [1.807, 2.05) is 30.3 Å². The first-order valence-electron chi connectivity index (χ1n) is 11.2. The van der Waals surface area contributed by atoms with Crippen molar-refractivity contribution in [1.29, 1.82) is 0 Å². The van der Waals surface area contributed by atoms with Gasteiger partial charge in [0, 0.05) is 6.42 Å². The van der Waals surface area contributed by atoms with Gasteiger partial charge in [-0.3, -0.25) is 0 Å². The van der Waals surface area contributed by atoms with Gasteiger partial charge in [-0.2, -0.15) is 0 Å². The molecule has 6 heteroatoms. The van der Waals surface area contributed by atoms with Gasteiger partial charge in [0.05, 0.1) is 6.61 Å². The van der Waals surface area contributed by atoms with Crippen LogP contribution < -0.4 is 5.63 Å². The zero-order valence-corrected chi connectivity index (χ0v) is 19.3. The molecule has 3 rings (SSSR count). The number of unbranched alkanes of at least 4 members (excludes halogenated alkanes) is 6. The number of esters is 1. The number of aryl methyl sites for hydroxylation is 3. The van der Waals surface area contributed by atoms with E-state index < -0.39 is 5.63 Å². The average Bonchev–Trinajstić information content (AvgIpc) is 3.11. The molecule has 0 N–H and O–H groups in total. The Morgan fingerprint density at radius 3 is 2.48 bits per heavy atom. The lowest BCUT2D eigenvalue weighted by Crippen LogP contribution is -2.08. The van der Waals surface area contributed by atoms with Crippen LogP contribution in [0.5, 0.6) is 0 Å². The monoisotopic (exact) mass is 441 g/mol. The highest BCUT2D eigenvalue weighted by Crippen LogP contribution is 2.28. The van der Waals surface area contributed by atoms with Gasteiger partial charge in [0.2, 0.25) is 0 Å². The summed E-state index contributed by atoms with van der Waals surface area (Å²) in [6.45, 7) is 4.37. The lowest BCUT2D eigenvalue weighted by Gasteiger charge is -2.04. The van der Waals surface area contributed by atoms with Gasteiger partial charge in [0.1, 0.15) is 15.1 Å². The fourth-order valence-electron chi connectivity index (χ4n) is 3.60. The Hall–Kier alpha value is -2.47. The van der Waals surface area contributed by atoms with Gasteiger partial charge >= 0.3 is 11.6 Å². The van der Waals surface area contributed by atoms with Crippen LogP contribution in [-0.2, 0) is 17.6 Å². The number of carbonyl (C=O) groups excluding carboxylic acids is 1. The molecule has 2 aromatic heterocycles. The maximum absolute atomic E-state index is 12.5. The van der Waals surface area contributed by atoms with Crippen LogP contribution in [0.2, 0.25) is 0 Å². The number of hydrogen-bond donors (Lipinski definition) is 0. The first-order chi connectivity index (χ1) is 15.1. The number of ether oxygens (including phenoxy) is 1. The van der Waals surface area contributed by atoms with Gasteiger partial charge in [-0.25, -0.2) is 14.6 Å². The molecule has 0 atom stereocenters. The highest BCUT2D eigenvalue weighted by molar-refractivity contribution is 7.20. The van der Waals surface area contributed by atoms with Gasteiger partial charge in [0.25, 0.3) is 0 Å². The molecule has 0 radical (unpaired) electrons. The van der Waals surface area contributed by atoms with Crippen molar-refractivity contribution in [3.05, 3.63) is 62.6 Å². The molecule has 0 aliphatic carbocycles. The number of fused-ring (bicyclic) bond motifs is 1. The number of carbonyl (C=O) groups is 1. The summed E-state index contributed by atoms with van der Waals surface area (Å²) in [4.78, 5) is 30.6. The fraction of sp³-hybridized carbons (Fsp3) is 0.480. The van der Waals surface area contributed by atoms with Crippen molar-refractivity contribution in [3.63, 3.8) is 0 Å². The van der Waals surface area contributed by atoms with Crippen molar-refractivity contribution in [1.82, 2.24) is 4.98 Å². The summed E-state index contributed by atoms with van der Waals surface area (Å²) in [6.07, 6.45) is 9.43. The molecule has 0 saturated carbocycles. The second-order valence-corrected chi connectivity index (χ2v) is 8.87. The van der Waals surface area contributed by atoms with Gasteiger partial charge in [0.15, 0.2) is 5.89 Å². The van der Waals surface area contributed by atoms with E-state index in [0.717, 1.165) is 24.8 Å². The van der Waals surface area contributed by atoms with E-state index in [1.165, 1.54) is 43.4 Å². The zero-order valence-electron chi connectivity index (χ0n) is 18.4. The summed E-state index contributed by atoms with van der Waals surface area (Å²) in [5.74, 6) is 0.0160. The van der Waals surface area contributed by atoms with Crippen molar-refractivity contribution in [2.24, 2.45) is 0 Å². The second-order valence-electron chi connectivity index (χ2n) is 7.87. The number of nitrogens with zero attached hydrogens (tertiary/aromatic N) is 1. The van der Waals surface area contributed by atoms with E-state index in [1.54, 1.807) is 6.92 Å². The summed E-state index contributed by atoms with van der Waals surface area (Å²) < 4.78 is 10.9. The molecule has 31 heavy (non-hydrogen) atoms. The predicted octanol–water partition coefficient (Wildman–Crippen LogP) is 6.25. The second kappa shape index (κ2) is 11.8. The first-order valence-corrected chi connectivity index (χ1v) is 12.1. The predicted molar refractivity (Wildman–Crippen MR) is 125 cm³/mol. The van der Waals surface area contributed by atoms with E-state index in [2.05, 4.69) is 11.9 Å². The summed E-state index contributed by atoms with van der Waals surface area (Å²) in [5.41, 5.74) is 1.32. The van der Waals surface area contributed by atoms with Crippen LogP contribution in [0, 0.1) is 6.92 Å². The standard InChI is InChI=1S/C25H31NO4S/c1-3-4-5-6-7-8-12-17-29-25(28)22-18(2)21-23(31-22)26-20(30-24(21)27)16-15-19-13-10-9-11-14-19/h9-11,13-14H,3-8,12,15-17H2,1-2H3. The van der Waals surface area contributed by atoms with Gasteiger partial charge in [-0.15, -0.1) is 11.3 Å². The van der Waals surface area contributed by atoms with Crippen LogP contribution in [-0.4, -0.2) is 17.6 Å². The van der Waals surface area contributed by atoms with E-state index in [9.17, 15) is 9.59 Å². The molecule has 166 valence electrons. The number of benzene rings is 1. The molecule has 2 heterocycles. The van der Waals surface area contributed by atoms with Gasteiger partial charge in [-0.05, 0) is 30.9 Å². The average molecular weight is 442 g/mol. The lowest BCUT2D eigenvalue weighted by atomic mass is 10.1. The summed E-state index contributed by atoms with van der Waals surface area (Å²) in [5, 5.41) is 0.385. The Morgan fingerprint density at radius 1 is 1.03 bits per heavy atom. The summed E-state index contributed by atoms with van der Waals surface area (Å²) in [6, 6.07) is 10.00. The summed E-state index contributed by atoms with van der Waals surface area (Å²) in [7, 11) is 0. The van der Waals surface area contributed by atoms with E-state index >= 15 is 0 Å². The van der Waals surface area contributed by atoms with E-state index in [4.69, 9.17) is 9.15 Å². The highest BCUT2D eigenvalue weighted by Gasteiger charge is 2.21. The van der Waals surface area contributed by atoms with Gasteiger partial charge in [-0.1, -0.05) is 75.8 Å². The molecule has 0 unspecified atom stereocenters. The Labute approximate surface area is 187 Å². The minimum Gasteiger partial charge on any atom is -0.462 e. The Morgan fingerprint density at radius 2 is 1.74 bits per heavy atom. The molecule has 3 aromatic rings. The number of rotatable bonds is 12. The smallest absolute Gasteiger partial charge is 0.348 e. The maximum atomic E-state index is 12.5. The minimum absolute atomic E-state index is 0.378. The molecule has 5 nitrogen and oxygen atoms in total. The van der Waals surface area contributed by atoms with Crippen LogP contribution in [0.25, 0.3) is 10.2 Å². The number of aromatic nitrogens is 1. The number of hydrogen-bond acceptors (Lipinski definition) is 6. The summed E-state index contributed by atoms with van der Waals surface area (Å²) >= 11 is 1.21. The molecule has 1 aromatic carbocycles. The molecule has 0 aliphatic rings.